The highest BCUT2D eigenvalue weighted by Gasteiger charge is 1.97. The molecule has 0 bridgehead atoms. The molecule has 1 N–H and O–H groups in total. The van der Waals surface area contributed by atoms with Crippen molar-refractivity contribution in [1.82, 2.24) is 5.32 Å². The zero-order valence-corrected chi connectivity index (χ0v) is 10.7. The SMILES string of the molecule is CCCc1cccc(/C(C)=C/CCNC)c1. The summed E-state index contributed by atoms with van der Waals surface area (Å²) in [4.78, 5) is 0. The zero-order chi connectivity index (χ0) is 11.8. The van der Waals surface area contributed by atoms with E-state index in [-0.39, 0.29) is 0 Å². The Morgan fingerprint density at radius 3 is 2.88 bits per heavy atom. The van der Waals surface area contributed by atoms with Crippen LogP contribution in [-0.2, 0) is 6.42 Å². The van der Waals surface area contributed by atoms with Gasteiger partial charge in [-0.15, -0.1) is 0 Å². The highest BCUT2D eigenvalue weighted by atomic mass is 14.8. The Balaban J connectivity index is 2.70. The van der Waals surface area contributed by atoms with Crippen LogP contribution in [0.15, 0.2) is 30.3 Å². The Morgan fingerprint density at radius 1 is 1.38 bits per heavy atom. The Hall–Kier alpha value is -1.08. The molecular weight excluding hydrogens is 194 g/mol. The molecule has 0 fully saturated rings. The number of allylic oxidation sites excluding steroid dienone is 1. The van der Waals surface area contributed by atoms with E-state index in [1.54, 1.807) is 0 Å². The third kappa shape index (κ3) is 4.19. The minimum atomic E-state index is 1.05. The molecule has 0 atom stereocenters. The summed E-state index contributed by atoms with van der Waals surface area (Å²) in [6.45, 7) is 5.47. The van der Waals surface area contributed by atoms with Crippen molar-refractivity contribution in [1.29, 1.82) is 0 Å². The van der Waals surface area contributed by atoms with Crippen LogP contribution in [0.5, 0.6) is 0 Å². The predicted octanol–water partition coefficient (Wildman–Crippen LogP) is 3.65. The molecule has 1 rings (SSSR count). The van der Waals surface area contributed by atoms with Gasteiger partial charge in [-0.1, -0.05) is 43.7 Å². The number of aryl methyl sites for hydroxylation is 1. The van der Waals surface area contributed by atoms with Crippen LogP contribution in [0.1, 0.15) is 37.8 Å². The minimum absolute atomic E-state index is 1.05. The fourth-order valence-corrected chi connectivity index (χ4v) is 1.81. The number of hydrogen-bond donors (Lipinski definition) is 1. The summed E-state index contributed by atoms with van der Waals surface area (Å²) in [5.74, 6) is 0. The number of nitrogens with one attached hydrogen (secondary N) is 1. The van der Waals surface area contributed by atoms with Crippen LogP contribution in [0.25, 0.3) is 5.57 Å². The summed E-state index contributed by atoms with van der Waals surface area (Å²) >= 11 is 0. The molecule has 0 heterocycles. The molecule has 0 saturated heterocycles. The van der Waals surface area contributed by atoms with E-state index in [4.69, 9.17) is 0 Å². The zero-order valence-electron chi connectivity index (χ0n) is 10.7. The van der Waals surface area contributed by atoms with Gasteiger partial charge in [0.05, 0.1) is 0 Å². The topological polar surface area (TPSA) is 12.0 Å². The van der Waals surface area contributed by atoms with Crippen LogP contribution in [-0.4, -0.2) is 13.6 Å². The summed E-state index contributed by atoms with van der Waals surface area (Å²) in [6.07, 6.45) is 5.80. The van der Waals surface area contributed by atoms with Gasteiger partial charge in [0.15, 0.2) is 0 Å². The molecule has 0 saturated carbocycles. The molecule has 1 nitrogen and oxygen atoms in total. The minimum Gasteiger partial charge on any atom is -0.319 e. The van der Waals surface area contributed by atoms with Crippen molar-refractivity contribution in [2.24, 2.45) is 0 Å². The van der Waals surface area contributed by atoms with Gasteiger partial charge in [-0.3, -0.25) is 0 Å². The van der Waals surface area contributed by atoms with Crippen LogP contribution in [0, 0.1) is 0 Å². The highest BCUT2D eigenvalue weighted by Crippen LogP contribution is 2.16. The van der Waals surface area contributed by atoms with Gasteiger partial charge in [0.1, 0.15) is 0 Å². The van der Waals surface area contributed by atoms with Crippen molar-refractivity contribution in [2.45, 2.75) is 33.1 Å². The normalized spacial score (nSPS) is 11.8. The Bertz CT molecular complexity index is 339. The lowest BCUT2D eigenvalue weighted by Crippen LogP contribution is -2.05. The largest absolute Gasteiger partial charge is 0.319 e. The van der Waals surface area contributed by atoms with E-state index in [1.165, 1.54) is 29.5 Å². The number of hydrogen-bond acceptors (Lipinski definition) is 1. The summed E-state index contributed by atoms with van der Waals surface area (Å²) < 4.78 is 0. The molecule has 16 heavy (non-hydrogen) atoms. The van der Waals surface area contributed by atoms with Gasteiger partial charge in [-0.05, 0) is 50.1 Å². The van der Waals surface area contributed by atoms with E-state index in [0.717, 1.165) is 13.0 Å². The van der Waals surface area contributed by atoms with E-state index in [1.807, 2.05) is 7.05 Å². The smallest absolute Gasteiger partial charge is 0.00171 e. The van der Waals surface area contributed by atoms with Crippen molar-refractivity contribution in [3.05, 3.63) is 41.5 Å². The van der Waals surface area contributed by atoms with Crippen molar-refractivity contribution >= 4 is 5.57 Å². The molecule has 0 aliphatic rings. The molecule has 0 amide bonds. The highest BCUT2D eigenvalue weighted by molar-refractivity contribution is 5.64. The van der Waals surface area contributed by atoms with Crippen molar-refractivity contribution in [2.75, 3.05) is 13.6 Å². The first-order chi connectivity index (χ1) is 7.77. The molecule has 1 aromatic carbocycles. The Morgan fingerprint density at radius 2 is 2.19 bits per heavy atom. The summed E-state index contributed by atoms with van der Waals surface area (Å²) in [7, 11) is 1.99. The van der Waals surface area contributed by atoms with Gasteiger partial charge in [0, 0.05) is 0 Å². The fourth-order valence-electron chi connectivity index (χ4n) is 1.81. The maximum atomic E-state index is 3.16. The lowest BCUT2D eigenvalue weighted by molar-refractivity contribution is 0.808. The standard InChI is InChI=1S/C15H23N/c1-4-7-14-9-5-10-15(12-14)13(2)8-6-11-16-3/h5,8-10,12,16H,4,6-7,11H2,1-3H3/b13-8+. The summed E-state index contributed by atoms with van der Waals surface area (Å²) in [5.41, 5.74) is 4.19. The summed E-state index contributed by atoms with van der Waals surface area (Å²) in [6, 6.07) is 8.89. The van der Waals surface area contributed by atoms with Crippen molar-refractivity contribution < 1.29 is 0 Å². The Kier molecular flexibility index (Phi) is 5.87. The van der Waals surface area contributed by atoms with E-state index >= 15 is 0 Å². The van der Waals surface area contributed by atoms with Gasteiger partial charge < -0.3 is 5.32 Å². The van der Waals surface area contributed by atoms with Crippen molar-refractivity contribution in [3.63, 3.8) is 0 Å². The second-order valence-corrected chi connectivity index (χ2v) is 4.23. The van der Waals surface area contributed by atoms with Crippen LogP contribution in [0.4, 0.5) is 0 Å². The Labute approximate surface area is 99.6 Å². The first-order valence-corrected chi connectivity index (χ1v) is 6.18. The van der Waals surface area contributed by atoms with Crippen LogP contribution < -0.4 is 5.32 Å². The average molecular weight is 217 g/mol. The van der Waals surface area contributed by atoms with E-state index in [0.29, 0.717) is 0 Å². The number of rotatable bonds is 6. The van der Waals surface area contributed by atoms with Gasteiger partial charge in [-0.2, -0.15) is 0 Å². The monoisotopic (exact) mass is 217 g/mol. The van der Waals surface area contributed by atoms with Gasteiger partial charge >= 0.3 is 0 Å². The second kappa shape index (κ2) is 7.24. The van der Waals surface area contributed by atoms with Crippen LogP contribution in [0.2, 0.25) is 0 Å². The third-order valence-electron chi connectivity index (χ3n) is 2.77. The molecule has 0 radical (unpaired) electrons. The lowest BCUT2D eigenvalue weighted by atomic mass is 10.0. The molecule has 0 aliphatic heterocycles. The number of benzene rings is 1. The molecule has 1 heteroatoms. The fraction of sp³-hybridized carbons (Fsp3) is 0.467. The van der Waals surface area contributed by atoms with Gasteiger partial charge in [0.25, 0.3) is 0 Å². The second-order valence-electron chi connectivity index (χ2n) is 4.23. The molecule has 0 unspecified atom stereocenters. The average Bonchev–Trinajstić information content (AvgIpc) is 2.30. The van der Waals surface area contributed by atoms with E-state index < -0.39 is 0 Å². The van der Waals surface area contributed by atoms with Gasteiger partial charge in [0.2, 0.25) is 0 Å². The van der Waals surface area contributed by atoms with Gasteiger partial charge in [-0.25, -0.2) is 0 Å². The molecule has 0 aliphatic carbocycles. The summed E-state index contributed by atoms with van der Waals surface area (Å²) in [5, 5.41) is 3.16. The molecule has 1 aromatic rings. The lowest BCUT2D eigenvalue weighted by Gasteiger charge is -2.05. The quantitative estimate of drug-likeness (QED) is 0.717. The van der Waals surface area contributed by atoms with Crippen molar-refractivity contribution in [3.8, 4) is 0 Å². The third-order valence-corrected chi connectivity index (χ3v) is 2.77. The maximum absolute atomic E-state index is 3.16. The predicted molar refractivity (Wildman–Crippen MR) is 72.6 cm³/mol. The molecular formula is C15H23N. The van der Waals surface area contributed by atoms with E-state index in [2.05, 4.69) is 49.5 Å². The van der Waals surface area contributed by atoms with Crippen LogP contribution >= 0.6 is 0 Å². The van der Waals surface area contributed by atoms with E-state index in [9.17, 15) is 0 Å². The molecule has 88 valence electrons. The molecule has 0 aromatic heterocycles. The molecule has 0 spiro atoms. The maximum Gasteiger partial charge on any atom is -0.00171 e. The first kappa shape index (κ1) is 13.0. The first-order valence-electron chi connectivity index (χ1n) is 6.18. The van der Waals surface area contributed by atoms with Crippen LogP contribution in [0.3, 0.4) is 0 Å².